The van der Waals surface area contributed by atoms with Crippen molar-refractivity contribution in [2.75, 3.05) is 19.6 Å². The smallest absolute Gasteiger partial charge is 0.224 e. The summed E-state index contributed by atoms with van der Waals surface area (Å²) in [5.41, 5.74) is 1.05. The molecule has 3 rings (SSSR count). The molecule has 136 valence electrons. The van der Waals surface area contributed by atoms with Gasteiger partial charge in [0, 0.05) is 31.5 Å². The third kappa shape index (κ3) is 3.86. The van der Waals surface area contributed by atoms with Crippen molar-refractivity contribution in [3.63, 3.8) is 0 Å². The number of piperidine rings is 1. The van der Waals surface area contributed by atoms with Crippen LogP contribution in [-0.2, 0) is 15.0 Å². The number of halogens is 1. The van der Waals surface area contributed by atoms with Crippen molar-refractivity contribution in [2.24, 2.45) is 5.92 Å². The van der Waals surface area contributed by atoms with E-state index in [4.69, 9.17) is 0 Å². The molecule has 0 aromatic heterocycles. The Morgan fingerprint density at radius 1 is 1.24 bits per heavy atom. The van der Waals surface area contributed by atoms with E-state index in [-0.39, 0.29) is 29.0 Å². The second-order valence-electron chi connectivity index (χ2n) is 7.39. The van der Waals surface area contributed by atoms with E-state index >= 15 is 0 Å². The molecule has 2 fully saturated rings. The first kappa shape index (κ1) is 17.9. The largest absolute Gasteiger partial charge is 0.355 e. The summed E-state index contributed by atoms with van der Waals surface area (Å²) in [6, 6.07) is 6.66. The van der Waals surface area contributed by atoms with Crippen LogP contribution in [0.2, 0.25) is 0 Å². The maximum absolute atomic E-state index is 13.2. The van der Waals surface area contributed by atoms with Crippen molar-refractivity contribution in [2.45, 2.75) is 50.9 Å². The molecule has 1 aliphatic carbocycles. The zero-order chi connectivity index (χ0) is 17.9. The Balaban J connectivity index is 1.59. The number of nitrogens with one attached hydrogen (secondary N) is 1. The van der Waals surface area contributed by atoms with Gasteiger partial charge < -0.3 is 10.2 Å². The zero-order valence-corrected chi connectivity index (χ0v) is 14.9. The summed E-state index contributed by atoms with van der Waals surface area (Å²) in [6.45, 7) is 3.74. The lowest BCUT2D eigenvalue weighted by atomic mass is 9.64. The molecule has 0 bridgehead atoms. The molecule has 1 saturated heterocycles. The molecule has 4 nitrogen and oxygen atoms in total. The van der Waals surface area contributed by atoms with Crippen LogP contribution in [0.3, 0.4) is 0 Å². The number of rotatable bonds is 5. The van der Waals surface area contributed by atoms with Crippen molar-refractivity contribution < 1.29 is 14.0 Å². The highest BCUT2D eigenvalue weighted by molar-refractivity contribution is 5.81. The number of carbonyl (C=O) groups excluding carboxylic acids is 2. The first-order valence-electron chi connectivity index (χ1n) is 9.35. The number of nitrogens with zero attached hydrogens (tertiary/aromatic N) is 1. The van der Waals surface area contributed by atoms with E-state index in [2.05, 4.69) is 5.32 Å². The maximum atomic E-state index is 13.2. The predicted molar refractivity (Wildman–Crippen MR) is 94.5 cm³/mol. The Kier molecular flexibility index (Phi) is 5.40. The summed E-state index contributed by atoms with van der Waals surface area (Å²) in [7, 11) is 0. The van der Waals surface area contributed by atoms with Crippen LogP contribution in [0.1, 0.15) is 51.0 Å². The number of amides is 2. The first-order valence-corrected chi connectivity index (χ1v) is 9.35. The van der Waals surface area contributed by atoms with Crippen molar-refractivity contribution in [3.8, 4) is 0 Å². The summed E-state index contributed by atoms with van der Waals surface area (Å²) < 4.78 is 13.2. The quantitative estimate of drug-likeness (QED) is 0.891. The summed E-state index contributed by atoms with van der Waals surface area (Å²) in [6.07, 6.45) is 5.38. The lowest BCUT2D eigenvalue weighted by molar-refractivity contribution is -0.135. The molecule has 2 amide bonds. The molecule has 1 heterocycles. The Bertz CT molecular complexity index is 625. The van der Waals surface area contributed by atoms with E-state index < -0.39 is 0 Å². The van der Waals surface area contributed by atoms with E-state index in [9.17, 15) is 14.0 Å². The lowest BCUT2D eigenvalue weighted by Crippen LogP contribution is -2.50. The minimum Gasteiger partial charge on any atom is -0.355 e. The topological polar surface area (TPSA) is 49.4 Å². The second kappa shape index (κ2) is 7.54. The fourth-order valence-electron chi connectivity index (χ4n) is 4.02. The average Bonchev–Trinajstić information content (AvgIpc) is 2.61. The fraction of sp³-hybridized carbons (Fsp3) is 0.600. The third-order valence-corrected chi connectivity index (χ3v) is 5.82. The summed E-state index contributed by atoms with van der Waals surface area (Å²) in [5.74, 6) is -0.180. The van der Waals surface area contributed by atoms with Crippen molar-refractivity contribution in [1.29, 1.82) is 0 Å². The van der Waals surface area contributed by atoms with Crippen LogP contribution in [0.4, 0.5) is 4.39 Å². The van der Waals surface area contributed by atoms with E-state index in [0.29, 0.717) is 19.5 Å². The van der Waals surface area contributed by atoms with Crippen LogP contribution in [0.25, 0.3) is 0 Å². The van der Waals surface area contributed by atoms with Crippen molar-refractivity contribution >= 4 is 11.8 Å². The molecular weight excluding hydrogens is 319 g/mol. The van der Waals surface area contributed by atoms with Crippen molar-refractivity contribution in [1.82, 2.24) is 10.2 Å². The van der Waals surface area contributed by atoms with Crippen LogP contribution in [0.5, 0.6) is 0 Å². The zero-order valence-electron chi connectivity index (χ0n) is 14.9. The highest BCUT2D eigenvalue weighted by Gasteiger charge is 2.39. The van der Waals surface area contributed by atoms with Gasteiger partial charge in [-0.25, -0.2) is 4.39 Å². The molecule has 1 aliphatic heterocycles. The maximum Gasteiger partial charge on any atom is 0.224 e. The minimum absolute atomic E-state index is 0.0435. The highest BCUT2D eigenvalue weighted by Crippen LogP contribution is 2.43. The van der Waals surface area contributed by atoms with E-state index in [1.807, 2.05) is 24.0 Å². The molecule has 2 aliphatic rings. The van der Waals surface area contributed by atoms with Gasteiger partial charge in [-0.1, -0.05) is 25.5 Å². The molecule has 1 atom stereocenters. The van der Waals surface area contributed by atoms with Gasteiger partial charge in [0.1, 0.15) is 5.82 Å². The molecule has 1 N–H and O–H groups in total. The van der Waals surface area contributed by atoms with Crippen molar-refractivity contribution in [3.05, 3.63) is 35.6 Å². The Labute approximate surface area is 148 Å². The monoisotopic (exact) mass is 346 g/mol. The Hall–Kier alpha value is -1.91. The predicted octanol–water partition coefficient (Wildman–Crippen LogP) is 3.01. The lowest BCUT2D eigenvalue weighted by Gasteiger charge is -2.43. The SMILES string of the molecule is CCC(=O)N1CCCC(C(=O)NCC2(c3ccc(F)cc3)CCC2)C1. The Morgan fingerprint density at radius 3 is 2.56 bits per heavy atom. The van der Waals surface area contributed by atoms with Crippen LogP contribution < -0.4 is 5.32 Å². The summed E-state index contributed by atoms with van der Waals surface area (Å²) in [5, 5.41) is 3.12. The van der Waals surface area contributed by atoms with E-state index in [1.165, 1.54) is 12.1 Å². The Morgan fingerprint density at radius 2 is 1.96 bits per heavy atom. The highest BCUT2D eigenvalue weighted by atomic mass is 19.1. The average molecular weight is 346 g/mol. The number of likely N-dealkylation sites (tertiary alicyclic amines) is 1. The molecular formula is C20H27FN2O2. The second-order valence-corrected chi connectivity index (χ2v) is 7.39. The molecule has 1 saturated carbocycles. The van der Waals surface area contributed by atoms with Crippen LogP contribution in [0.15, 0.2) is 24.3 Å². The van der Waals surface area contributed by atoms with Gasteiger partial charge >= 0.3 is 0 Å². The molecule has 0 radical (unpaired) electrons. The number of hydrogen-bond acceptors (Lipinski definition) is 2. The van der Waals surface area contributed by atoms with Crippen LogP contribution in [0, 0.1) is 11.7 Å². The third-order valence-electron chi connectivity index (χ3n) is 5.82. The molecule has 0 spiro atoms. The fourth-order valence-corrected chi connectivity index (χ4v) is 4.02. The van der Waals surface area contributed by atoms with Gasteiger partial charge in [0.05, 0.1) is 5.92 Å². The number of hydrogen-bond donors (Lipinski definition) is 1. The van der Waals surface area contributed by atoms with Gasteiger partial charge in [-0.2, -0.15) is 0 Å². The van der Waals surface area contributed by atoms with E-state index in [1.54, 1.807) is 0 Å². The van der Waals surface area contributed by atoms with E-state index in [0.717, 1.165) is 44.2 Å². The standard InChI is InChI=1S/C20H27FN2O2/c1-2-18(24)23-12-3-5-15(13-23)19(25)22-14-20(10-4-11-20)16-6-8-17(21)9-7-16/h6-9,15H,2-5,10-14H2,1H3,(H,22,25). The number of benzene rings is 1. The van der Waals surface area contributed by atoms with Gasteiger partial charge in [-0.3, -0.25) is 9.59 Å². The van der Waals surface area contributed by atoms with Gasteiger partial charge in [-0.15, -0.1) is 0 Å². The first-order chi connectivity index (χ1) is 12.0. The molecule has 1 aromatic carbocycles. The normalized spacial score (nSPS) is 22.2. The van der Waals surface area contributed by atoms with Gasteiger partial charge in [-0.05, 0) is 43.4 Å². The molecule has 5 heteroatoms. The van der Waals surface area contributed by atoms with Gasteiger partial charge in [0.15, 0.2) is 0 Å². The molecule has 1 aromatic rings. The molecule has 1 unspecified atom stereocenters. The minimum atomic E-state index is -0.231. The van der Waals surface area contributed by atoms with Gasteiger partial charge in [0.2, 0.25) is 11.8 Å². The summed E-state index contributed by atoms with van der Waals surface area (Å²) >= 11 is 0. The van der Waals surface area contributed by atoms with Gasteiger partial charge in [0.25, 0.3) is 0 Å². The van der Waals surface area contributed by atoms with Crippen LogP contribution >= 0.6 is 0 Å². The molecule has 25 heavy (non-hydrogen) atoms. The van der Waals surface area contributed by atoms with Crippen LogP contribution in [-0.4, -0.2) is 36.3 Å². The summed E-state index contributed by atoms with van der Waals surface area (Å²) in [4.78, 5) is 26.3. The number of carbonyl (C=O) groups is 2.